The molecule has 1 aromatic heterocycles. The molecule has 2 fully saturated rings. The number of nitrogens with one attached hydrogen (secondary N) is 2. The van der Waals surface area contributed by atoms with Gasteiger partial charge in [-0.3, -0.25) is 9.67 Å². The van der Waals surface area contributed by atoms with Crippen LogP contribution in [-0.2, 0) is 6.54 Å². The second-order valence-corrected chi connectivity index (χ2v) is 9.08. The van der Waals surface area contributed by atoms with Gasteiger partial charge in [-0.25, -0.2) is 0 Å². The Morgan fingerprint density at radius 1 is 1.17 bits per heavy atom. The molecule has 6 heteroatoms. The molecule has 2 N–H and O–H groups in total. The third kappa shape index (κ3) is 3.92. The van der Waals surface area contributed by atoms with Gasteiger partial charge in [0.1, 0.15) is 11.4 Å². The Morgan fingerprint density at radius 2 is 1.97 bits per heavy atom. The van der Waals surface area contributed by atoms with E-state index in [9.17, 15) is 0 Å². The van der Waals surface area contributed by atoms with Crippen molar-refractivity contribution in [3.05, 3.63) is 47.8 Å². The molecule has 1 aliphatic heterocycles. The van der Waals surface area contributed by atoms with E-state index in [4.69, 9.17) is 9.84 Å². The summed E-state index contributed by atoms with van der Waals surface area (Å²) in [7, 11) is 1.84. The number of hydrogen-bond acceptors (Lipinski definition) is 3. The Hall–Kier alpha value is -2.50. The van der Waals surface area contributed by atoms with Crippen molar-refractivity contribution in [1.29, 1.82) is 0 Å². The number of hydrogen-bond donors (Lipinski definition) is 2. The van der Waals surface area contributed by atoms with Crippen molar-refractivity contribution in [3.63, 3.8) is 0 Å². The molecule has 3 aliphatic rings. The zero-order valence-electron chi connectivity index (χ0n) is 17.9. The molecule has 5 rings (SSSR count). The third-order valence-electron chi connectivity index (χ3n) is 7.05. The Bertz CT molecular complexity index is 893. The molecule has 1 atom stereocenters. The van der Waals surface area contributed by atoms with Crippen molar-refractivity contribution in [3.8, 4) is 5.75 Å². The molecule has 2 aromatic rings. The van der Waals surface area contributed by atoms with E-state index in [1.54, 1.807) is 0 Å². The van der Waals surface area contributed by atoms with E-state index in [0.29, 0.717) is 12.6 Å². The van der Waals surface area contributed by atoms with Gasteiger partial charge >= 0.3 is 0 Å². The fourth-order valence-electron chi connectivity index (χ4n) is 5.45. The maximum atomic E-state index is 6.49. The molecular weight excluding hydrogens is 374 g/mol. The first-order valence-corrected chi connectivity index (χ1v) is 11.5. The number of ether oxygens (including phenoxy) is 1. The Kier molecular flexibility index (Phi) is 5.40. The summed E-state index contributed by atoms with van der Waals surface area (Å²) in [6, 6.07) is 11.3. The summed E-state index contributed by atoms with van der Waals surface area (Å²) in [5.74, 6) is 1.84. The lowest BCUT2D eigenvalue weighted by Crippen LogP contribution is -2.46. The van der Waals surface area contributed by atoms with Crippen LogP contribution in [0.5, 0.6) is 5.75 Å². The SMILES string of the molecule is CN=C(NCc1ccn(C2CCCC2)n1)NC1CC2(CCCC2)Oc2ccccc21. The van der Waals surface area contributed by atoms with Crippen LogP contribution in [0.4, 0.5) is 0 Å². The monoisotopic (exact) mass is 407 g/mol. The summed E-state index contributed by atoms with van der Waals surface area (Å²) < 4.78 is 8.65. The summed E-state index contributed by atoms with van der Waals surface area (Å²) in [5.41, 5.74) is 2.26. The van der Waals surface area contributed by atoms with Crippen molar-refractivity contribution in [2.45, 2.75) is 82.0 Å². The number of aromatic nitrogens is 2. The molecule has 2 saturated carbocycles. The zero-order valence-corrected chi connectivity index (χ0v) is 17.9. The van der Waals surface area contributed by atoms with Crippen LogP contribution in [0.2, 0.25) is 0 Å². The second-order valence-electron chi connectivity index (χ2n) is 9.08. The van der Waals surface area contributed by atoms with Gasteiger partial charge in [0, 0.05) is 25.2 Å². The number of benzene rings is 1. The summed E-state index contributed by atoms with van der Waals surface area (Å²) in [4.78, 5) is 4.49. The van der Waals surface area contributed by atoms with E-state index in [2.05, 4.69) is 56.8 Å². The zero-order chi connectivity index (χ0) is 20.4. The number of para-hydroxylation sites is 1. The molecule has 30 heavy (non-hydrogen) atoms. The summed E-state index contributed by atoms with van der Waals surface area (Å²) >= 11 is 0. The van der Waals surface area contributed by atoms with Crippen LogP contribution in [0.25, 0.3) is 0 Å². The average molecular weight is 408 g/mol. The predicted molar refractivity (Wildman–Crippen MR) is 119 cm³/mol. The lowest BCUT2D eigenvalue weighted by Gasteiger charge is -2.40. The Labute approximate surface area is 179 Å². The van der Waals surface area contributed by atoms with Crippen molar-refractivity contribution >= 4 is 5.96 Å². The van der Waals surface area contributed by atoms with Crippen LogP contribution in [0.3, 0.4) is 0 Å². The topological polar surface area (TPSA) is 63.5 Å². The Balaban J connectivity index is 1.25. The maximum absolute atomic E-state index is 6.49. The molecule has 1 aromatic carbocycles. The van der Waals surface area contributed by atoms with E-state index < -0.39 is 0 Å². The minimum Gasteiger partial charge on any atom is -0.487 e. The van der Waals surface area contributed by atoms with E-state index in [0.717, 1.165) is 36.7 Å². The van der Waals surface area contributed by atoms with Crippen LogP contribution >= 0.6 is 0 Å². The fraction of sp³-hybridized carbons (Fsp3) is 0.583. The highest BCUT2D eigenvalue weighted by Crippen LogP contribution is 2.46. The largest absolute Gasteiger partial charge is 0.487 e. The predicted octanol–water partition coefficient (Wildman–Crippen LogP) is 4.50. The molecule has 6 nitrogen and oxygen atoms in total. The standard InChI is InChI=1S/C24H33N5O/c1-25-23(26-17-18-12-15-29(28-18)19-8-2-3-9-19)27-21-16-24(13-6-7-14-24)30-22-11-5-4-10-20(21)22/h4-5,10-12,15,19,21H,2-3,6-9,13-14,16-17H2,1H3,(H2,25,26,27). The molecular formula is C24H33N5O. The van der Waals surface area contributed by atoms with Crippen LogP contribution in [0.15, 0.2) is 41.5 Å². The molecule has 0 bridgehead atoms. The van der Waals surface area contributed by atoms with E-state index >= 15 is 0 Å². The minimum absolute atomic E-state index is 0.0229. The smallest absolute Gasteiger partial charge is 0.191 e. The number of aliphatic imine (C=N–C) groups is 1. The van der Waals surface area contributed by atoms with Crippen molar-refractivity contribution < 1.29 is 4.74 Å². The molecule has 0 radical (unpaired) electrons. The number of rotatable bonds is 4. The van der Waals surface area contributed by atoms with Crippen LogP contribution < -0.4 is 15.4 Å². The van der Waals surface area contributed by atoms with E-state index in [-0.39, 0.29) is 11.6 Å². The number of nitrogens with zero attached hydrogens (tertiary/aromatic N) is 3. The quantitative estimate of drug-likeness (QED) is 0.579. The molecule has 0 saturated heterocycles. The van der Waals surface area contributed by atoms with Crippen LogP contribution in [0, 0.1) is 0 Å². The summed E-state index contributed by atoms with van der Waals surface area (Å²) in [6.07, 6.45) is 13.1. The molecule has 0 amide bonds. The van der Waals surface area contributed by atoms with Gasteiger partial charge < -0.3 is 15.4 Å². The van der Waals surface area contributed by atoms with Gasteiger partial charge in [-0.1, -0.05) is 31.0 Å². The first-order valence-electron chi connectivity index (χ1n) is 11.5. The second kappa shape index (κ2) is 8.32. The normalized spacial score (nSPS) is 23.4. The first-order chi connectivity index (χ1) is 14.7. The van der Waals surface area contributed by atoms with Gasteiger partial charge in [-0.2, -0.15) is 5.10 Å². The molecule has 1 spiro atoms. The highest BCUT2D eigenvalue weighted by Gasteiger charge is 2.43. The molecule has 2 heterocycles. The van der Waals surface area contributed by atoms with Crippen LogP contribution in [-0.4, -0.2) is 28.4 Å². The Morgan fingerprint density at radius 3 is 2.77 bits per heavy atom. The minimum atomic E-state index is -0.0229. The van der Waals surface area contributed by atoms with Gasteiger partial charge in [-0.05, 0) is 50.7 Å². The van der Waals surface area contributed by atoms with Crippen molar-refractivity contribution in [1.82, 2.24) is 20.4 Å². The van der Waals surface area contributed by atoms with Crippen molar-refractivity contribution in [2.24, 2.45) is 4.99 Å². The third-order valence-corrected chi connectivity index (χ3v) is 7.05. The lowest BCUT2D eigenvalue weighted by atomic mass is 9.86. The van der Waals surface area contributed by atoms with Gasteiger partial charge in [0.15, 0.2) is 5.96 Å². The van der Waals surface area contributed by atoms with Gasteiger partial charge in [0.05, 0.1) is 24.3 Å². The van der Waals surface area contributed by atoms with Gasteiger partial charge in [0.25, 0.3) is 0 Å². The maximum Gasteiger partial charge on any atom is 0.191 e. The van der Waals surface area contributed by atoms with Crippen molar-refractivity contribution in [2.75, 3.05) is 7.05 Å². The van der Waals surface area contributed by atoms with Gasteiger partial charge in [0.2, 0.25) is 0 Å². The highest BCUT2D eigenvalue weighted by atomic mass is 16.5. The lowest BCUT2D eigenvalue weighted by molar-refractivity contribution is 0.0396. The molecule has 2 aliphatic carbocycles. The summed E-state index contributed by atoms with van der Waals surface area (Å²) in [5, 5.41) is 11.9. The van der Waals surface area contributed by atoms with E-state index in [1.165, 1.54) is 44.1 Å². The first kappa shape index (κ1) is 19.5. The average Bonchev–Trinajstić information content (AvgIpc) is 3.53. The molecule has 160 valence electrons. The van der Waals surface area contributed by atoms with E-state index in [1.807, 2.05) is 7.05 Å². The van der Waals surface area contributed by atoms with Gasteiger partial charge in [-0.15, -0.1) is 0 Å². The number of fused-ring (bicyclic) bond motifs is 1. The fourth-order valence-corrected chi connectivity index (χ4v) is 5.45. The summed E-state index contributed by atoms with van der Waals surface area (Å²) in [6.45, 7) is 0.676. The highest BCUT2D eigenvalue weighted by molar-refractivity contribution is 5.80. The molecule has 1 unspecified atom stereocenters. The number of guanidine groups is 1. The van der Waals surface area contributed by atoms with Crippen LogP contribution in [0.1, 0.15) is 81.1 Å².